The van der Waals surface area contributed by atoms with Crippen molar-refractivity contribution in [3.63, 3.8) is 0 Å². The zero-order valence-electron chi connectivity index (χ0n) is 13.0. The van der Waals surface area contributed by atoms with Gasteiger partial charge in [0.25, 0.3) is 0 Å². The zero-order chi connectivity index (χ0) is 16.2. The van der Waals surface area contributed by atoms with Gasteiger partial charge in [0.2, 0.25) is 11.8 Å². The van der Waals surface area contributed by atoms with E-state index in [0.29, 0.717) is 13.0 Å². The van der Waals surface area contributed by atoms with E-state index in [-0.39, 0.29) is 17.9 Å². The SMILES string of the molecule is CC(=O)Nc1ccc(CC(=O)N2CCC(n3ccnn3)C2)cc1. The summed E-state index contributed by atoms with van der Waals surface area (Å²) in [5, 5.41) is 10.5. The highest BCUT2D eigenvalue weighted by atomic mass is 16.2. The summed E-state index contributed by atoms with van der Waals surface area (Å²) in [6.07, 6.45) is 4.75. The lowest BCUT2D eigenvalue weighted by atomic mass is 10.1. The molecule has 2 heterocycles. The molecule has 1 aliphatic heterocycles. The molecule has 0 spiro atoms. The summed E-state index contributed by atoms with van der Waals surface area (Å²) in [6, 6.07) is 7.57. The highest BCUT2D eigenvalue weighted by Gasteiger charge is 2.27. The molecule has 1 saturated heterocycles. The molecule has 7 nitrogen and oxygen atoms in total. The Bertz CT molecular complexity index is 681. The molecule has 1 aliphatic rings. The van der Waals surface area contributed by atoms with Crippen LogP contribution in [-0.2, 0) is 16.0 Å². The van der Waals surface area contributed by atoms with Crippen LogP contribution in [-0.4, -0.2) is 44.8 Å². The fraction of sp³-hybridized carbons (Fsp3) is 0.375. The second-order valence-electron chi connectivity index (χ2n) is 5.72. The molecular weight excluding hydrogens is 294 g/mol. The molecule has 120 valence electrons. The fourth-order valence-corrected chi connectivity index (χ4v) is 2.79. The maximum atomic E-state index is 12.4. The van der Waals surface area contributed by atoms with E-state index in [1.165, 1.54) is 6.92 Å². The van der Waals surface area contributed by atoms with Crippen LogP contribution in [0.5, 0.6) is 0 Å². The number of hydrogen-bond donors (Lipinski definition) is 1. The summed E-state index contributed by atoms with van der Waals surface area (Å²) in [7, 11) is 0. The van der Waals surface area contributed by atoms with E-state index < -0.39 is 0 Å². The van der Waals surface area contributed by atoms with Crippen LogP contribution in [0.4, 0.5) is 5.69 Å². The molecule has 2 amide bonds. The van der Waals surface area contributed by atoms with E-state index in [1.807, 2.05) is 40.0 Å². The number of rotatable bonds is 4. The minimum absolute atomic E-state index is 0.106. The van der Waals surface area contributed by atoms with Gasteiger partial charge in [-0.05, 0) is 24.1 Å². The number of aromatic nitrogens is 3. The van der Waals surface area contributed by atoms with Crippen molar-refractivity contribution in [1.82, 2.24) is 19.9 Å². The van der Waals surface area contributed by atoms with Gasteiger partial charge in [0.05, 0.1) is 18.7 Å². The molecule has 1 atom stereocenters. The van der Waals surface area contributed by atoms with Crippen molar-refractivity contribution in [1.29, 1.82) is 0 Å². The van der Waals surface area contributed by atoms with Gasteiger partial charge in [0, 0.05) is 31.9 Å². The van der Waals surface area contributed by atoms with E-state index >= 15 is 0 Å². The summed E-state index contributed by atoms with van der Waals surface area (Å²) in [6.45, 7) is 2.88. The predicted molar refractivity (Wildman–Crippen MR) is 84.7 cm³/mol. The van der Waals surface area contributed by atoms with Gasteiger partial charge >= 0.3 is 0 Å². The van der Waals surface area contributed by atoms with Crippen LogP contribution in [0.3, 0.4) is 0 Å². The fourth-order valence-electron chi connectivity index (χ4n) is 2.79. The Balaban J connectivity index is 1.56. The van der Waals surface area contributed by atoms with Crippen molar-refractivity contribution in [2.75, 3.05) is 18.4 Å². The van der Waals surface area contributed by atoms with Crippen LogP contribution in [0, 0.1) is 0 Å². The molecule has 3 rings (SSSR count). The van der Waals surface area contributed by atoms with E-state index in [2.05, 4.69) is 15.6 Å². The smallest absolute Gasteiger partial charge is 0.227 e. The first-order chi connectivity index (χ1) is 11.1. The molecule has 0 bridgehead atoms. The molecule has 1 unspecified atom stereocenters. The number of carbonyl (C=O) groups is 2. The minimum Gasteiger partial charge on any atom is -0.340 e. The molecule has 0 aliphatic carbocycles. The first-order valence-electron chi connectivity index (χ1n) is 7.62. The quantitative estimate of drug-likeness (QED) is 0.921. The van der Waals surface area contributed by atoms with Gasteiger partial charge in [-0.2, -0.15) is 0 Å². The van der Waals surface area contributed by atoms with Crippen LogP contribution in [0.1, 0.15) is 24.9 Å². The van der Waals surface area contributed by atoms with Crippen molar-refractivity contribution in [2.45, 2.75) is 25.8 Å². The summed E-state index contributed by atoms with van der Waals surface area (Å²) in [5.74, 6) is 0.00457. The number of hydrogen-bond acceptors (Lipinski definition) is 4. The zero-order valence-corrected chi connectivity index (χ0v) is 13.0. The van der Waals surface area contributed by atoms with Crippen molar-refractivity contribution in [2.24, 2.45) is 0 Å². The van der Waals surface area contributed by atoms with Crippen LogP contribution < -0.4 is 5.32 Å². The molecular formula is C16H19N5O2. The average Bonchev–Trinajstić information content (AvgIpc) is 3.19. The van der Waals surface area contributed by atoms with Gasteiger partial charge in [-0.1, -0.05) is 17.3 Å². The molecule has 0 radical (unpaired) electrons. The molecule has 7 heteroatoms. The Kier molecular flexibility index (Phi) is 4.36. The number of nitrogens with zero attached hydrogens (tertiary/aromatic N) is 4. The van der Waals surface area contributed by atoms with Gasteiger partial charge in [-0.3, -0.25) is 9.59 Å². The van der Waals surface area contributed by atoms with Gasteiger partial charge < -0.3 is 10.2 Å². The van der Waals surface area contributed by atoms with E-state index in [1.54, 1.807) is 6.20 Å². The summed E-state index contributed by atoms with van der Waals surface area (Å²) in [4.78, 5) is 25.3. The maximum Gasteiger partial charge on any atom is 0.227 e. The molecule has 1 fully saturated rings. The monoisotopic (exact) mass is 313 g/mol. The highest BCUT2D eigenvalue weighted by Crippen LogP contribution is 2.21. The number of anilines is 1. The highest BCUT2D eigenvalue weighted by molar-refractivity contribution is 5.88. The molecule has 1 aromatic heterocycles. The minimum atomic E-state index is -0.106. The number of amides is 2. The van der Waals surface area contributed by atoms with Crippen molar-refractivity contribution < 1.29 is 9.59 Å². The molecule has 23 heavy (non-hydrogen) atoms. The lowest BCUT2D eigenvalue weighted by Crippen LogP contribution is -2.30. The first-order valence-corrected chi connectivity index (χ1v) is 7.62. The normalized spacial score (nSPS) is 17.3. The Morgan fingerprint density at radius 3 is 2.74 bits per heavy atom. The number of benzene rings is 1. The van der Waals surface area contributed by atoms with Crippen LogP contribution >= 0.6 is 0 Å². The number of carbonyl (C=O) groups excluding carboxylic acids is 2. The van der Waals surface area contributed by atoms with E-state index in [0.717, 1.165) is 24.2 Å². The van der Waals surface area contributed by atoms with E-state index in [4.69, 9.17) is 0 Å². The lowest BCUT2D eigenvalue weighted by Gasteiger charge is -2.16. The van der Waals surface area contributed by atoms with Gasteiger partial charge in [0.15, 0.2) is 0 Å². The predicted octanol–water partition coefficient (Wildman–Crippen LogP) is 1.25. The molecule has 1 aromatic carbocycles. The van der Waals surface area contributed by atoms with Crippen LogP contribution in [0.25, 0.3) is 0 Å². The third-order valence-corrected chi connectivity index (χ3v) is 3.96. The van der Waals surface area contributed by atoms with E-state index in [9.17, 15) is 9.59 Å². The maximum absolute atomic E-state index is 12.4. The summed E-state index contributed by atoms with van der Waals surface area (Å²) >= 11 is 0. The average molecular weight is 313 g/mol. The third-order valence-electron chi connectivity index (χ3n) is 3.96. The second kappa shape index (κ2) is 6.60. The van der Waals surface area contributed by atoms with Gasteiger partial charge in [0.1, 0.15) is 0 Å². The second-order valence-corrected chi connectivity index (χ2v) is 5.72. The largest absolute Gasteiger partial charge is 0.340 e. The third kappa shape index (κ3) is 3.74. The Morgan fingerprint density at radius 1 is 1.30 bits per heavy atom. The Labute approximate surface area is 134 Å². The molecule has 0 saturated carbocycles. The number of nitrogens with one attached hydrogen (secondary N) is 1. The van der Waals surface area contributed by atoms with Crippen LogP contribution in [0.15, 0.2) is 36.7 Å². The Morgan fingerprint density at radius 2 is 2.09 bits per heavy atom. The van der Waals surface area contributed by atoms with Gasteiger partial charge in [-0.25, -0.2) is 4.68 Å². The Hall–Kier alpha value is -2.70. The van der Waals surface area contributed by atoms with Crippen molar-refractivity contribution in [3.05, 3.63) is 42.2 Å². The number of likely N-dealkylation sites (tertiary alicyclic amines) is 1. The summed E-state index contributed by atoms with van der Waals surface area (Å²) < 4.78 is 1.81. The summed E-state index contributed by atoms with van der Waals surface area (Å²) in [5.41, 5.74) is 1.68. The molecule has 2 aromatic rings. The topological polar surface area (TPSA) is 80.1 Å². The van der Waals surface area contributed by atoms with Crippen molar-refractivity contribution >= 4 is 17.5 Å². The van der Waals surface area contributed by atoms with Gasteiger partial charge in [-0.15, -0.1) is 5.10 Å². The van der Waals surface area contributed by atoms with Crippen molar-refractivity contribution in [3.8, 4) is 0 Å². The standard InChI is InChI=1S/C16H19N5O2/c1-12(22)18-14-4-2-13(3-5-14)10-16(23)20-8-6-15(11-20)21-9-7-17-19-21/h2-5,7,9,15H,6,8,10-11H2,1H3,(H,18,22). The first kappa shape index (κ1) is 15.2. The van der Waals surface area contributed by atoms with Crippen LogP contribution in [0.2, 0.25) is 0 Å². The molecule has 1 N–H and O–H groups in total. The lowest BCUT2D eigenvalue weighted by molar-refractivity contribution is -0.129.